The highest BCUT2D eigenvalue weighted by atomic mass is 16.2. The molecule has 0 atom stereocenters. The predicted molar refractivity (Wildman–Crippen MR) is 85.3 cm³/mol. The van der Waals surface area contributed by atoms with Gasteiger partial charge in [0.15, 0.2) is 0 Å². The van der Waals surface area contributed by atoms with E-state index in [-0.39, 0.29) is 5.91 Å². The van der Waals surface area contributed by atoms with Gasteiger partial charge in [-0.3, -0.25) is 4.79 Å². The van der Waals surface area contributed by atoms with Gasteiger partial charge in [0.25, 0.3) is 5.91 Å². The lowest BCUT2D eigenvalue weighted by atomic mass is 10.2. The van der Waals surface area contributed by atoms with E-state index in [9.17, 15) is 4.79 Å². The maximum atomic E-state index is 12.7. The number of hydrogen-bond acceptors (Lipinski definition) is 5. The molecule has 0 spiro atoms. The molecule has 0 N–H and O–H groups in total. The van der Waals surface area contributed by atoms with Crippen molar-refractivity contribution >= 4 is 17.5 Å². The van der Waals surface area contributed by atoms with Crippen molar-refractivity contribution in [2.45, 2.75) is 0 Å². The zero-order valence-corrected chi connectivity index (χ0v) is 12.5. The van der Waals surface area contributed by atoms with Gasteiger partial charge in [-0.15, -0.1) is 0 Å². The lowest BCUT2D eigenvalue weighted by molar-refractivity contribution is 0.0745. The number of aromatic nitrogens is 4. The Kier molecular flexibility index (Phi) is 3.38. The van der Waals surface area contributed by atoms with Crippen LogP contribution in [0.5, 0.6) is 0 Å². The molecule has 3 aromatic heterocycles. The lowest BCUT2D eigenvalue weighted by Crippen LogP contribution is -2.49. The van der Waals surface area contributed by atoms with Crippen molar-refractivity contribution in [3.05, 3.63) is 54.7 Å². The molecule has 4 heterocycles. The van der Waals surface area contributed by atoms with Gasteiger partial charge in [0.05, 0.1) is 5.56 Å². The molecular formula is C16H16N6O. The quantitative estimate of drug-likeness (QED) is 0.709. The Balaban J connectivity index is 1.46. The summed E-state index contributed by atoms with van der Waals surface area (Å²) in [6, 6.07) is 5.49. The van der Waals surface area contributed by atoms with Crippen molar-refractivity contribution in [2.75, 3.05) is 31.1 Å². The number of pyridine rings is 1. The second kappa shape index (κ2) is 5.68. The lowest BCUT2D eigenvalue weighted by Gasteiger charge is -2.34. The van der Waals surface area contributed by atoms with Crippen LogP contribution in [0, 0.1) is 0 Å². The monoisotopic (exact) mass is 308 g/mol. The minimum atomic E-state index is 0.0502. The summed E-state index contributed by atoms with van der Waals surface area (Å²) in [5.41, 5.74) is 1.52. The second-order valence-corrected chi connectivity index (χ2v) is 5.44. The van der Waals surface area contributed by atoms with Gasteiger partial charge in [0.2, 0.25) is 5.95 Å². The molecule has 1 saturated heterocycles. The topological polar surface area (TPSA) is 66.6 Å². The molecule has 7 nitrogen and oxygen atoms in total. The molecule has 1 aliphatic rings. The number of nitrogens with zero attached hydrogens (tertiary/aromatic N) is 6. The van der Waals surface area contributed by atoms with E-state index in [0.717, 1.165) is 24.7 Å². The van der Waals surface area contributed by atoms with Crippen LogP contribution in [0.3, 0.4) is 0 Å². The molecule has 0 aliphatic carbocycles. The van der Waals surface area contributed by atoms with Crippen LogP contribution in [-0.2, 0) is 0 Å². The summed E-state index contributed by atoms with van der Waals surface area (Å²) in [7, 11) is 0. The van der Waals surface area contributed by atoms with Gasteiger partial charge in [-0.2, -0.15) is 0 Å². The van der Waals surface area contributed by atoms with E-state index in [4.69, 9.17) is 0 Å². The molecule has 23 heavy (non-hydrogen) atoms. The minimum Gasteiger partial charge on any atom is -0.337 e. The SMILES string of the molecule is O=C(c1ccc2nccn2c1)N1CCN(c2ncccn2)CC1. The van der Waals surface area contributed by atoms with E-state index in [2.05, 4.69) is 19.9 Å². The number of amides is 1. The van der Waals surface area contributed by atoms with Crippen LogP contribution in [0.1, 0.15) is 10.4 Å². The zero-order chi connectivity index (χ0) is 15.6. The molecule has 3 aromatic rings. The molecule has 1 amide bonds. The van der Waals surface area contributed by atoms with Crippen molar-refractivity contribution in [1.82, 2.24) is 24.3 Å². The van der Waals surface area contributed by atoms with Crippen molar-refractivity contribution < 1.29 is 4.79 Å². The third-order valence-corrected chi connectivity index (χ3v) is 4.04. The number of imidazole rings is 1. The summed E-state index contributed by atoms with van der Waals surface area (Å²) in [6.07, 6.45) is 8.87. The smallest absolute Gasteiger partial charge is 0.255 e. The average Bonchev–Trinajstić information content (AvgIpc) is 3.10. The fourth-order valence-electron chi connectivity index (χ4n) is 2.79. The Morgan fingerprint density at radius 2 is 1.74 bits per heavy atom. The maximum Gasteiger partial charge on any atom is 0.255 e. The van der Waals surface area contributed by atoms with Crippen LogP contribution in [0.2, 0.25) is 0 Å². The molecule has 0 unspecified atom stereocenters. The van der Waals surface area contributed by atoms with Crippen LogP contribution in [-0.4, -0.2) is 56.3 Å². The Morgan fingerprint density at radius 3 is 2.52 bits per heavy atom. The van der Waals surface area contributed by atoms with E-state index < -0.39 is 0 Å². The van der Waals surface area contributed by atoms with E-state index in [1.54, 1.807) is 24.7 Å². The summed E-state index contributed by atoms with van der Waals surface area (Å²) < 4.78 is 1.86. The van der Waals surface area contributed by atoms with Gasteiger partial charge in [-0.25, -0.2) is 15.0 Å². The van der Waals surface area contributed by atoms with Crippen LogP contribution in [0.4, 0.5) is 5.95 Å². The molecule has 4 rings (SSSR count). The number of rotatable bonds is 2. The molecule has 0 saturated carbocycles. The van der Waals surface area contributed by atoms with Crippen LogP contribution in [0.15, 0.2) is 49.2 Å². The van der Waals surface area contributed by atoms with Crippen LogP contribution in [0.25, 0.3) is 5.65 Å². The van der Waals surface area contributed by atoms with Gasteiger partial charge in [0, 0.05) is 57.2 Å². The Morgan fingerprint density at radius 1 is 0.957 bits per heavy atom. The van der Waals surface area contributed by atoms with E-state index in [1.807, 2.05) is 33.8 Å². The van der Waals surface area contributed by atoms with Gasteiger partial charge >= 0.3 is 0 Å². The molecule has 0 radical (unpaired) electrons. The summed E-state index contributed by atoms with van der Waals surface area (Å²) >= 11 is 0. The fourth-order valence-corrected chi connectivity index (χ4v) is 2.79. The molecule has 0 aromatic carbocycles. The summed E-state index contributed by atoms with van der Waals surface area (Å²) in [5.74, 6) is 0.772. The van der Waals surface area contributed by atoms with Crippen LogP contribution < -0.4 is 4.90 Å². The van der Waals surface area contributed by atoms with Crippen LogP contribution >= 0.6 is 0 Å². The molecule has 0 bridgehead atoms. The number of anilines is 1. The molecule has 7 heteroatoms. The van der Waals surface area contributed by atoms with Gasteiger partial charge in [0.1, 0.15) is 5.65 Å². The number of piperazine rings is 1. The number of fused-ring (bicyclic) bond motifs is 1. The molecule has 1 fully saturated rings. The third-order valence-electron chi connectivity index (χ3n) is 4.04. The van der Waals surface area contributed by atoms with Gasteiger partial charge < -0.3 is 14.2 Å². The first kappa shape index (κ1) is 13.7. The first-order chi connectivity index (χ1) is 11.3. The molecule has 1 aliphatic heterocycles. The maximum absolute atomic E-state index is 12.7. The van der Waals surface area contributed by atoms with E-state index >= 15 is 0 Å². The van der Waals surface area contributed by atoms with Crippen molar-refractivity contribution in [3.63, 3.8) is 0 Å². The second-order valence-electron chi connectivity index (χ2n) is 5.44. The van der Waals surface area contributed by atoms with Gasteiger partial charge in [-0.05, 0) is 18.2 Å². The third kappa shape index (κ3) is 2.61. The first-order valence-electron chi connectivity index (χ1n) is 7.55. The predicted octanol–water partition coefficient (Wildman–Crippen LogP) is 1.09. The standard InChI is InChI=1S/C16H16N6O/c23-15(13-2-3-14-17-6-7-22(14)12-13)20-8-10-21(11-9-20)16-18-4-1-5-19-16/h1-7,12H,8-11H2. The number of carbonyl (C=O) groups excluding carboxylic acids is 1. The number of hydrogen-bond donors (Lipinski definition) is 0. The Labute approximate surface area is 133 Å². The average molecular weight is 308 g/mol. The minimum absolute atomic E-state index is 0.0502. The van der Waals surface area contributed by atoms with E-state index in [0.29, 0.717) is 18.7 Å². The largest absolute Gasteiger partial charge is 0.337 e. The molecular weight excluding hydrogens is 292 g/mol. The van der Waals surface area contributed by atoms with Crippen molar-refractivity contribution in [2.24, 2.45) is 0 Å². The van der Waals surface area contributed by atoms with Crippen molar-refractivity contribution in [1.29, 1.82) is 0 Å². The summed E-state index contributed by atoms with van der Waals surface area (Å²) in [4.78, 5) is 29.3. The molecule has 116 valence electrons. The first-order valence-corrected chi connectivity index (χ1v) is 7.55. The van der Waals surface area contributed by atoms with E-state index in [1.165, 1.54) is 0 Å². The van der Waals surface area contributed by atoms with Crippen molar-refractivity contribution in [3.8, 4) is 0 Å². The highest BCUT2D eigenvalue weighted by Gasteiger charge is 2.23. The Hall–Kier alpha value is -2.96. The summed E-state index contributed by atoms with van der Waals surface area (Å²) in [5, 5.41) is 0. The summed E-state index contributed by atoms with van der Waals surface area (Å²) in [6.45, 7) is 2.81. The zero-order valence-electron chi connectivity index (χ0n) is 12.5. The highest BCUT2D eigenvalue weighted by Crippen LogP contribution is 2.13. The highest BCUT2D eigenvalue weighted by molar-refractivity contribution is 5.94. The normalized spacial score (nSPS) is 15.1. The Bertz CT molecular complexity index is 823. The number of carbonyl (C=O) groups is 1. The fraction of sp³-hybridized carbons (Fsp3) is 0.250. The van der Waals surface area contributed by atoms with Gasteiger partial charge in [-0.1, -0.05) is 0 Å².